The lowest BCUT2D eigenvalue weighted by Gasteiger charge is -1.89. The van der Waals surface area contributed by atoms with E-state index in [0.717, 1.165) is 11.3 Å². The Balaban J connectivity index is 2.00. The van der Waals surface area contributed by atoms with Gasteiger partial charge in [0.25, 0.3) is 5.89 Å². The maximum Gasteiger partial charge on any atom is 0.274 e. The first-order valence-corrected chi connectivity index (χ1v) is 4.81. The van der Waals surface area contributed by atoms with Gasteiger partial charge >= 0.3 is 0 Å². The summed E-state index contributed by atoms with van der Waals surface area (Å²) in [4.78, 5) is 11.3. The molecule has 0 saturated carbocycles. The zero-order chi connectivity index (χ0) is 10.8. The molecule has 1 N–H and O–H groups in total. The lowest BCUT2D eigenvalue weighted by Crippen LogP contribution is -1.81. The molecular formula is C11H8N4O. The molecule has 16 heavy (non-hydrogen) atoms. The third-order valence-corrected chi connectivity index (χ3v) is 2.17. The van der Waals surface area contributed by atoms with E-state index in [1.54, 1.807) is 12.4 Å². The van der Waals surface area contributed by atoms with Gasteiger partial charge in [0, 0.05) is 24.2 Å². The number of aromatic nitrogens is 4. The minimum Gasteiger partial charge on any atom is -0.357 e. The van der Waals surface area contributed by atoms with Crippen molar-refractivity contribution in [3.63, 3.8) is 0 Å². The Morgan fingerprint density at radius 2 is 2.19 bits per heavy atom. The Bertz CT molecular complexity index is 571. The van der Waals surface area contributed by atoms with Crippen molar-refractivity contribution in [1.82, 2.24) is 20.1 Å². The molecule has 0 aliphatic rings. The molecule has 0 amide bonds. The van der Waals surface area contributed by atoms with Gasteiger partial charge in [-0.15, -0.1) is 0 Å². The molecule has 0 aliphatic heterocycles. The predicted octanol–water partition coefficient (Wildman–Crippen LogP) is 2.13. The van der Waals surface area contributed by atoms with Gasteiger partial charge in [0.2, 0.25) is 5.82 Å². The summed E-state index contributed by atoms with van der Waals surface area (Å²) in [6, 6.07) is 7.47. The van der Waals surface area contributed by atoms with Crippen LogP contribution in [0.1, 0.15) is 0 Å². The number of rotatable bonds is 2. The summed E-state index contributed by atoms with van der Waals surface area (Å²) in [5.41, 5.74) is 1.65. The molecule has 0 atom stereocenters. The van der Waals surface area contributed by atoms with Gasteiger partial charge < -0.3 is 9.51 Å². The minimum atomic E-state index is 0.476. The second-order valence-electron chi connectivity index (χ2n) is 3.25. The van der Waals surface area contributed by atoms with E-state index in [1.165, 1.54) is 0 Å². The molecule has 5 heteroatoms. The van der Waals surface area contributed by atoms with E-state index in [4.69, 9.17) is 4.52 Å². The average molecular weight is 212 g/mol. The van der Waals surface area contributed by atoms with E-state index < -0.39 is 0 Å². The van der Waals surface area contributed by atoms with Gasteiger partial charge in [-0.3, -0.25) is 4.98 Å². The molecule has 3 aromatic rings. The van der Waals surface area contributed by atoms with Crippen LogP contribution in [0.3, 0.4) is 0 Å². The number of pyridine rings is 1. The minimum absolute atomic E-state index is 0.476. The van der Waals surface area contributed by atoms with E-state index in [-0.39, 0.29) is 0 Å². The number of hydrogen-bond donors (Lipinski definition) is 1. The molecule has 5 nitrogen and oxygen atoms in total. The first kappa shape index (κ1) is 8.84. The molecule has 0 radical (unpaired) electrons. The lowest BCUT2D eigenvalue weighted by molar-refractivity contribution is 0.431. The van der Waals surface area contributed by atoms with Crippen LogP contribution in [0.2, 0.25) is 0 Å². The first-order valence-electron chi connectivity index (χ1n) is 4.81. The Morgan fingerprint density at radius 1 is 1.19 bits per heavy atom. The van der Waals surface area contributed by atoms with Crippen molar-refractivity contribution in [3.8, 4) is 23.0 Å². The third-order valence-electron chi connectivity index (χ3n) is 2.17. The zero-order valence-electron chi connectivity index (χ0n) is 8.29. The summed E-state index contributed by atoms with van der Waals surface area (Å²) in [5, 5.41) is 3.90. The standard InChI is InChI=1S/C11H8N4O/c1-3-8(7-12-5-1)10-14-11(16-15-10)9-4-2-6-13-9/h1-7,13H. The predicted molar refractivity (Wildman–Crippen MR) is 57.3 cm³/mol. The summed E-state index contributed by atoms with van der Waals surface area (Å²) in [5.74, 6) is 1.02. The molecule has 0 saturated heterocycles. The molecule has 0 unspecified atom stereocenters. The van der Waals surface area contributed by atoms with E-state index >= 15 is 0 Å². The third kappa shape index (κ3) is 1.48. The molecule has 78 valence electrons. The Morgan fingerprint density at radius 3 is 2.94 bits per heavy atom. The van der Waals surface area contributed by atoms with Crippen molar-refractivity contribution in [3.05, 3.63) is 42.9 Å². The summed E-state index contributed by atoms with van der Waals surface area (Å²) in [6.45, 7) is 0. The molecular weight excluding hydrogens is 204 g/mol. The smallest absolute Gasteiger partial charge is 0.274 e. The normalized spacial score (nSPS) is 10.5. The largest absolute Gasteiger partial charge is 0.357 e. The highest BCUT2D eigenvalue weighted by molar-refractivity contribution is 5.56. The monoisotopic (exact) mass is 212 g/mol. The van der Waals surface area contributed by atoms with Gasteiger partial charge in [0.15, 0.2) is 0 Å². The van der Waals surface area contributed by atoms with Crippen molar-refractivity contribution in [2.45, 2.75) is 0 Å². The topological polar surface area (TPSA) is 67.6 Å². The van der Waals surface area contributed by atoms with Gasteiger partial charge in [0.05, 0.1) is 0 Å². The molecule has 0 fully saturated rings. The highest BCUT2D eigenvalue weighted by atomic mass is 16.5. The van der Waals surface area contributed by atoms with Crippen LogP contribution in [-0.2, 0) is 0 Å². The second-order valence-corrected chi connectivity index (χ2v) is 3.25. The van der Waals surface area contributed by atoms with Gasteiger partial charge in [-0.1, -0.05) is 5.16 Å². The van der Waals surface area contributed by atoms with Crippen LogP contribution in [0.15, 0.2) is 47.4 Å². The van der Waals surface area contributed by atoms with Crippen molar-refractivity contribution < 1.29 is 4.52 Å². The zero-order valence-corrected chi connectivity index (χ0v) is 8.29. The van der Waals surface area contributed by atoms with Crippen molar-refractivity contribution in [2.24, 2.45) is 0 Å². The van der Waals surface area contributed by atoms with E-state index in [2.05, 4.69) is 20.1 Å². The SMILES string of the molecule is c1cncc(-c2noc(-c3ccc[nH]3)n2)c1. The number of nitrogens with zero attached hydrogens (tertiary/aromatic N) is 3. The maximum absolute atomic E-state index is 5.14. The number of nitrogens with one attached hydrogen (secondary N) is 1. The van der Waals surface area contributed by atoms with Crippen LogP contribution in [0, 0.1) is 0 Å². The number of aromatic amines is 1. The van der Waals surface area contributed by atoms with Crippen molar-refractivity contribution in [2.75, 3.05) is 0 Å². The average Bonchev–Trinajstić information content (AvgIpc) is 3.01. The highest BCUT2D eigenvalue weighted by Crippen LogP contribution is 2.19. The quantitative estimate of drug-likeness (QED) is 0.706. The van der Waals surface area contributed by atoms with E-state index in [9.17, 15) is 0 Å². The Kier molecular flexibility index (Phi) is 2.00. The fraction of sp³-hybridized carbons (Fsp3) is 0. The molecule has 3 heterocycles. The van der Waals surface area contributed by atoms with Crippen LogP contribution < -0.4 is 0 Å². The Labute approximate surface area is 91.2 Å². The van der Waals surface area contributed by atoms with Crippen LogP contribution in [0.25, 0.3) is 23.0 Å². The van der Waals surface area contributed by atoms with Gasteiger partial charge in [0.1, 0.15) is 5.69 Å². The number of H-pyrrole nitrogens is 1. The van der Waals surface area contributed by atoms with Gasteiger partial charge in [-0.25, -0.2) is 0 Å². The van der Waals surface area contributed by atoms with E-state index in [1.807, 2.05) is 30.5 Å². The van der Waals surface area contributed by atoms with Gasteiger partial charge in [-0.05, 0) is 24.3 Å². The molecule has 0 aromatic carbocycles. The Hall–Kier alpha value is -2.43. The van der Waals surface area contributed by atoms with Crippen LogP contribution in [0.5, 0.6) is 0 Å². The molecule has 3 aromatic heterocycles. The fourth-order valence-corrected chi connectivity index (χ4v) is 1.41. The van der Waals surface area contributed by atoms with Gasteiger partial charge in [-0.2, -0.15) is 4.98 Å². The molecule has 0 spiro atoms. The first-order chi connectivity index (χ1) is 7.93. The highest BCUT2D eigenvalue weighted by Gasteiger charge is 2.10. The summed E-state index contributed by atoms with van der Waals surface area (Å²) >= 11 is 0. The van der Waals surface area contributed by atoms with Crippen molar-refractivity contribution in [1.29, 1.82) is 0 Å². The number of hydrogen-bond acceptors (Lipinski definition) is 4. The maximum atomic E-state index is 5.14. The summed E-state index contributed by atoms with van der Waals surface area (Å²) in [6.07, 6.45) is 5.21. The van der Waals surface area contributed by atoms with E-state index in [0.29, 0.717) is 11.7 Å². The molecule has 0 bridgehead atoms. The summed E-state index contributed by atoms with van der Waals surface area (Å²) < 4.78 is 5.14. The fourth-order valence-electron chi connectivity index (χ4n) is 1.41. The summed E-state index contributed by atoms with van der Waals surface area (Å²) in [7, 11) is 0. The van der Waals surface area contributed by atoms with Crippen LogP contribution in [-0.4, -0.2) is 20.1 Å². The van der Waals surface area contributed by atoms with Crippen LogP contribution >= 0.6 is 0 Å². The molecule has 0 aliphatic carbocycles. The van der Waals surface area contributed by atoms with Crippen LogP contribution in [0.4, 0.5) is 0 Å². The second kappa shape index (κ2) is 3.62. The van der Waals surface area contributed by atoms with Crippen molar-refractivity contribution >= 4 is 0 Å². The lowest BCUT2D eigenvalue weighted by atomic mass is 10.3. The molecule has 3 rings (SSSR count).